The molecule has 136 valence electrons. The number of hydrogen-bond donors (Lipinski definition) is 1. The second-order valence-electron chi connectivity index (χ2n) is 6.69. The molecule has 1 N–H and O–H groups in total. The highest BCUT2D eigenvalue weighted by Crippen LogP contribution is 2.33. The van der Waals surface area contributed by atoms with Crippen molar-refractivity contribution >= 4 is 38.8 Å². The van der Waals surface area contributed by atoms with E-state index in [-0.39, 0.29) is 17.9 Å². The Bertz CT molecular complexity index is 1020. The number of aryl methyl sites for hydroxylation is 4. The number of carbonyl (C=O) groups is 1. The number of rotatable bonds is 5. The first-order chi connectivity index (χ1) is 12.6. The highest BCUT2D eigenvalue weighted by molar-refractivity contribution is 7.18. The maximum atomic E-state index is 12.9. The molecule has 1 aliphatic carbocycles. The van der Waals surface area contributed by atoms with Crippen LogP contribution in [0.15, 0.2) is 22.6 Å². The molecular formula is C19H21N3O2S2. The number of nitrogens with zero attached hydrogens (tertiary/aromatic N) is 2. The van der Waals surface area contributed by atoms with Gasteiger partial charge in [0.15, 0.2) is 0 Å². The van der Waals surface area contributed by atoms with E-state index in [0.29, 0.717) is 13.1 Å². The van der Waals surface area contributed by atoms with Crippen molar-refractivity contribution in [3.8, 4) is 0 Å². The van der Waals surface area contributed by atoms with E-state index in [4.69, 9.17) is 0 Å². The van der Waals surface area contributed by atoms with E-state index < -0.39 is 0 Å². The van der Waals surface area contributed by atoms with Crippen LogP contribution in [-0.2, 0) is 30.7 Å². The Morgan fingerprint density at radius 2 is 2.19 bits per heavy atom. The average molecular weight is 388 g/mol. The van der Waals surface area contributed by atoms with Crippen LogP contribution >= 0.6 is 22.7 Å². The molecule has 0 aliphatic heterocycles. The average Bonchev–Trinajstić information content (AvgIpc) is 3.22. The molecule has 0 saturated heterocycles. The van der Waals surface area contributed by atoms with E-state index in [1.54, 1.807) is 33.6 Å². The summed E-state index contributed by atoms with van der Waals surface area (Å²) >= 11 is 3.30. The summed E-state index contributed by atoms with van der Waals surface area (Å²) in [4.78, 5) is 32.8. The van der Waals surface area contributed by atoms with Crippen LogP contribution in [0.5, 0.6) is 0 Å². The van der Waals surface area contributed by atoms with Crippen molar-refractivity contribution in [2.75, 3.05) is 0 Å². The van der Waals surface area contributed by atoms with Gasteiger partial charge in [0.1, 0.15) is 4.83 Å². The van der Waals surface area contributed by atoms with Gasteiger partial charge in [-0.2, -0.15) is 0 Å². The van der Waals surface area contributed by atoms with E-state index >= 15 is 0 Å². The van der Waals surface area contributed by atoms with Gasteiger partial charge in [0.25, 0.3) is 5.56 Å². The third kappa shape index (κ3) is 3.33. The lowest BCUT2D eigenvalue weighted by atomic mass is 9.97. The van der Waals surface area contributed by atoms with Crippen molar-refractivity contribution in [3.05, 3.63) is 49.0 Å². The van der Waals surface area contributed by atoms with Crippen LogP contribution < -0.4 is 10.9 Å². The van der Waals surface area contributed by atoms with Crippen molar-refractivity contribution in [3.63, 3.8) is 0 Å². The minimum absolute atomic E-state index is 0.00342. The molecule has 4 rings (SSSR count). The molecule has 3 heterocycles. The number of fused-ring (bicyclic) bond motifs is 3. The van der Waals surface area contributed by atoms with Gasteiger partial charge in [-0.15, -0.1) is 22.7 Å². The Balaban J connectivity index is 1.45. The van der Waals surface area contributed by atoms with E-state index in [1.807, 2.05) is 18.4 Å². The highest BCUT2D eigenvalue weighted by Gasteiger charge is 2.20. The van der Waals surface area contributed by atoms with Gasteiger partial charge in [-0.1, -0.05) is 0 Å². The molecular weight excluding hydrogens is 366 g/mol. The number of aromatic nitrogens is 2. The standard InChI is InChI=1S/C19H21N3O2S2/c1-12-7-9-25-15(12)10-20-16(23)6-8-22-11-21-18-17(19(22)24)13-4-2-3-5-14(13)26-18/h7,9,11H,2-6,8,10H2,1H3,(H,20,23). The van der Waals surface area contributed by atoms with Crippen molar-refractivity contribution in [2.24, 2.45) is 0 Å². The van der Waals surface area contributed by atoms with Gasteiger partial charge in [-0.05, 0) is 55.2 Å². The molecule has 0 bridgehead atoms. The lowest BCUT2D eigenvalue weighted by Crippen LogP contribution is -2.27. The summed E-state index contributed by atoms with van der Waals surface area (Å²) in [6, 6.07) is 2.05. The Labute approximate surface area is 159 Å². The second kappa shape index (κ2) is 7.32. The molecule has 26 heavy (non-hydrogen) atoms. The Morgan fingerprint density at radius 1 is 1.35 bits per heavy atom. The van der Waals surface area contributed by atoms with Crippen molar-refractivity contribution in [2.45, 2.75) is 52.1 Å². The highest BCUT2D eigenvalue weighted by atomic mass is 32.1. The van der Waals surface area contributed by atoms with E-state index in [2.05, 4.69) is 10.3 Å². The summed E-state index contributed by atoms with van der Waals surface area (Å²) in [6.45, 7) is 2.95. The first kappa shape index (κ1) is 17.4. The molecule has 1 amide bonds. The zero-order chi connectivity index (χ0) is 18.1. The number of nitrogens with one attached hydrogen (secondary N) is 1. The van der Waals surface area contributed by atoms with Crippen LogP contribution in [0.1, 0.15) is 40.1 Å². The third-order valence-corrected chi connectivity index (χ3v) is 7.16. The summed E-state index contributed by atoms with van der Waals surface area (Å²) in [7, 11) is 0. The normalized spacial score (nSPS) is 13.7. The fourth-order valence-electron chi connectivity index (χ4n) is 3.41. The predicted octanol–water partition coefficient (Wildman–Crippen LogP) is 3.41. The van der Waals surface area contributed by atoms with Gasteiger partial charge < -0.3 is 5.32 Å². The van der Waals surface area contributed by atoms with E-state index in [9.17, 15) is 9.59 Å². The van der Waals surface area contributed by atoms with Crippen molar-refractivity contribution < 1.29 is 4.79 Å². The van der Waals surface area contributed by atoms with Crippen molar-refractivity contribution in [1.82, 2.24) is 14.9 Å². The lowest BCUT2D eigenvalue weighted by Gasteiger charge is -2.10. The molecule has 0 aromatic carbocycles. The summed E-state index contributed by atoms with van der Waals surface area (Å²) < 4.78 is 1.58. The molecule has 0 fully saturated rings. The first-order valence-corrected chi connectivity index (χ1v) is 10.6. The Morgan fingerprint density at radius 3 is 3.00 bits per heavy atom. The summed E-state index contributed by atoms with van der Waals surface area (Å²) in [5.41, 5.74) is 2.39. The largest absolute Gasteiger partial charge is 0.351 e. The topological polar surface area (TPSA) is 64.0 Å². The number of carbonyl (C=O) groups excluding carboxylic acids is 1. The minimum atomic E-state index is -0.0443. The Kier molecular flexibility index (Phi) is 4.91. The van der Waals surface area contributed by atoms with E-state index in [1.165, 1.54) is 27.3 Å². The summed E-state index contributed by atoms with van der Waals surface area (Å²) in [5, 5.41) is 5.74. The summed E-state index contributed by atoms with van der Waals surface area (Å²) in [6.07, 6.45) is 6.22. The van der Waals surface area contributed by atoms with Crippen LogP contribution in [-0.4, -0.2) is 15.5 Å². The smallest absolute Gasteiger partial charge is 0.262 e. The van der Waals surface area contributed by atoms with Crippen LogP contribution in [0.25, 0.3) is 10.2 Å². The molecule has 0 unspecified atom stereocenters. The molecule has 5 nitrogen and oxygen atoms in total. The quantitative estimate of drug-likeness (QED) is 0.730. The number of amides is 1. The monoisotopic (exact) mass is 387 g/mol. The third-order valence-electron chi connectivity index (χ3n) is 4.94. The van der Waals surface area contributed by atoms with Crippen molar-refractivity contribution in [1.29, 1.82) is 0 Å². The fraction of sp³-hybridized carbons (Fsp3) is 0.421. The fourth-order valence-corrected chi connectivity index (χ4v) is 5.48. The van der Waals surface area contributed by atoms with Gasteiger partial charge in [-0.3, -0.25) is 14.2 Å². The van der Waals surface area contributed by atoms with Gasteiger partial charge in [0.2, 0.25) is 5.91 Å². The molecule has 0 spiro atoms. The summed E-state index contributed by atoms with van der Waals surface area (Å²) in [5.74, 6) is -0.0443. The first-order valence-electron chi connectivity index (χ1n) is 8.93. The molecule has 1 aliphatic rings. The maximum Gasteiger partial charge on any atom is 0.262 e. The molecule has 0 atom stereocenters. The Hall–Kier alpha value is -1.99. The molecule has 0 radical (unpaired) electrons. The van der Waals surface area contributed by atoms with Gasteiger partial charge >= 0.3 is 0 Å². The zero-order valence-corrected chi connectivity index (χ0v) is 16.3. The lowest BCUT2D eigenvalue weighted by molar-refractivity contribution is -0.121. The predicted molar refractivity (Wildman–Crippen MR) is 106 cm³/mol. The second-order valence-corrected chi connectivity index (χ2v) is 8.77. The minimum Gasteiger partial charge on any atom is -0.351 e. The molecule has 7 heteroatoms. The molecule has 0 saturated carbocycles. The van der Waals surface area contributed by atoms with Crippen LogP contribution in [0.3, 0.4) is 0 Å². The molecule has 3 aromatic rings. The van der Waals surface area contributed by atoms with Crippen LogP contribution in [0.2, 0.25) is 0 Å². The zero-order valence-electron chi connectivity index (χ0n) is 14.7. The maximum absolute atomic E-state index is 12.9. The number of thiophene rings is 2. The SMILES string of the molecule is Cc1ccsc1CNC(=O)CCn1cnc2sc3c(c2c1=O)CCCC3. The molecule has 3 aromatic heterocycles. The van der Waals surface area contributed by atoms with Gasteiger partial charge in [0, 0.05) is 22.7 Å². The van der Waals surface area contributed by atoms with Crippen LogP contribution in [0.4, 0.5) is 0 Å². The van der Waals surface area contributed by atoms with E-state index in [0.717, 1.165) is 29.5 Å². The van der Waals surface area contributed by atoms with Crippen LogP contribution in [0, 0.1) is 6.92 Å². The van der Waals surface area contributed by atoms with Gasteiger partial charge in [-0.25, -0.2) is 4.98 Å². The van der Waals surface area contributed by atoms with Gasteiger partial charge in [0.05, 0.1) is 18.3 Å². The number of hydrogen-bond acceptors (Lipinski definition) is 5.